The lowest BCUT2D eigenvalue weighted by atomic mass is 10.1. The smallest absolute Gasteiger partial charge is 0.254 e. The van der Waals surface area contributed by atoms with Crippen molar-refractivity contribution in [3.8, 4) is 0 Å². The molecule has 1 rings (SSSR count). The molecule has 4 nitrogen and oxygen atoms in total. The predicted molar refractivity (Wildman–Crippen MR) is 56.5 cm³/mol. The minimum atomic E-state index is -0.111. The van der Waals surface area contributed by atoms with Crippen LogP contribution in [0.2, 0.25) is 0 Å². The Bertz CT molecular complexity index is 282. The van der Waals surface area contributed by atoms with Crippen molar-refractivity contribution in [1.82, 2.24) is 5.32 Å². The van der Waals surface area contributed by atoms with E-state index in [0.717, 1.165) is 12.8 Å². The van der Waals surface area contributed by atoms with Gasteiger partial charge in [-0.2, -0.15) is 0 Å². The Morgan fingerprint density at radius 2 is 2.47 bits per heavy atom. The van der Waals surface area contributed by atoms with Crippen molar-refractivity contribution in [2.75, 3.05) is 13.2 Å². The van der Waals surface area contributed by atoms with E-state index < -0.39 is 0 Å². The summed E-state index contributed by atoms with van der Waals surface area (Å²) in [5.41, 5.74) is 0.546. The van der Waals surface area contributed by atoms with Gasteiger partial charge in [0.15, 0.2) is 0 Å². The third-order valence-electron chi connectivity index (χ3n) is 2.25. The van der Waals surface area contributed by atoms with Gasteiger partial charge in [-0.05, 0) is 24.8 Å². The highest BCUT2D eigenvalue weighted by Gasteiger charge is 2.05. The molecule has 1 amide bonds. The molecule has 0 aliphatic heterocycles. The van der Waals surface area contributed by atoms with Gasteiger partial charge in [0.05, 0.1) is 11.8 Å². The zero-order valence-corrected chi connectivity index (χ0v) is 8.90. The van der Waals surface area contributed by atoms with E-state index in [1.165, 1.54) is 12.5 Å². The number of aliphatic hydroxyl groups excluding tert-OH is 1. The van der Waals surface area contributed by atoms with Crippen LogP contribution >= 0.6 is 0 Å². The van der Waals surface area contributed by atoms with Gasteiger partial charge >= 0.3 is 0 Å². The number of carbonyl (C=O) groups excluding carboxylic acids is 1. The first-order chi connectivity index (χ1) is 7.24. The zero-order valence-electron chi connectivity index (χ0n) is 8.90. The molecule has 0 fully saturated rings. The Kier molecular flexibility index (Phi) is 4.90. The molecule has 0 saturated carbocycles. The van der Waals surface area contributed by atoms with Gasteiger partial charge in [-0.3, -0.25) is 4.79 Å². The van der Waals surface area contributed by atoms with Crippen LogP contribution in [-0.4, -0.2) is 24.2 Å². The summed E-state index contributed by atoms with van der Waals surface area (Å²) >= 11 is 0. The lowest BCUT2D eigenvalue weighted by Crippen LogP contribution is -2.24. The molecule has 0 aliphatic rings. The van der Waals surface area contributed by atoms with Gasteiger partial charge in [0.1, 0.15) is 6.26 Å². The summed E-state index contributed by atoms with van der Waals surface area (Å²) in [4.78, 5) is 11.4. The van der Waals surface area contributed by atoms with Crippen LogP contribution in [0.4, 0.5) is 0 Å². The molecule has 15 heavy (non-hydrogen) atoms. The molecule has 1 heterocycles. The van der Waals surface area contributed by atoms with Gasteiger partial charge in [0, 0.05) is 13.2 Å². The van der Waals surface area contributed by atoms with E-state index in [1.54, 1.807) is 6.07 Å². The fraction of sp³-hybridized carbons (Fsp3) is 0.545. The average molecular weight is 211 g/mol. The maximum atomic E-state index is 11.4. The third kappa shape index (κ3) is 4.16. The molecule has 1 unspecified atom stereocenters. The molecule has 1 aromatic rings. The molecule has 0 aliphatic carbocycles. The van der Waals surface area contributed by atoms with E-state index in [2.05, 4.69) is 5.32 Å². The van der Waals surface area contributed by atoms with Crippen LogP contribution in [0.3, 0.4) is 0 Å². The van der Waals surface area contributed by atoms with Crippen molar-refractivity contribution in [2.45, 2.75) is 19.8 Å². The molecule has 1 atom stereocenters. The summed E-state index contributed by atoms with van der Waals surface area (Å²) < 4.78 is 4.80. The normalized spacial score (nSPS) is 12.4. The summed E-state index contributed by atoms with van der Waals surface area (Å²) in [6.07, 6.45) is 4.70. The lowest BCUT2D eigenvalue weighted by molar-refractivity contribution is 0.0951. The fourth-order valence-corrected chi connectivity index (χ4v) is 1.24. The van der Waals surface area contributed by atoms with E-state index in [4.69, 9.17) is 9.52 Å². The summed E-state index contributed by atoms with van der Waals surface area (Å²) in [5, 5.41) is 11.6. The minimum absolute atomic E-state index is 0.111. The molecule has 0 saturated heterocycles. The monoisotopic (exact) mass is 211 g/mol. The number of hydrogen-bond donors (Lipinski definition) is 2. The second-order valence-corrected chi connectivity index (χ2v) is 3.70. The maximum Gasteiger partial charge on any atom is 0.254 e. The van der Waals surface area contributed by atoms with E-state index in [9.17, 15) is 4.79 Å². The summed E-state index contributed by atoms with van der Waals surface area (Å²) in [6, 6.07) is 1.63. The van der Waals surface area contributed by atoms with Gasteiger partial charge in [0.25, 0.3) is 5.91 Å². The molecule has 0 spiro atoms. The second kappa shape index (κ2) is 6.24. The quantitative estimate of drug-likeness (QED) is 0.699. The van der Waals surface area contributed by atoms with E-state index in [-0.39, 0.29) is 12.5 Å². The maximum absolute atomic E-state index is 11.4. The number of hydrogen-bond acceptors (Lipinski definition) is 3. The van der Waals surface area contributed by atoms with Gasteiger partial charge in [0.2, 0.25) is 0 Å². The van der Waals surface area contributed by atoms with Gasteiger partial charge in [-0.25, -0.2) is 0 Å². The first-order valence-electron chi connectivity index (χ1n) is 5.15. The van der Waals surface area contributed by atoms with Gasteiger partial charge in [-0.1, -0.05) is 6.92 Å². The fourth-order valence-electron chi connectivity index (χ4n) is 1.24. The highest BCUT2D eigenvalue weighted by molar-refractivity contribution is 5.93. The average Bonchev–Trinajstić information content (AvgIpc) is 2.77. The van der Waals surface area contributed by atoms with Crippen molar-refractivity contribution in [3.63, 3.8) is 0 Å². The Labute approximate surface area is 89.3 Å². The number of aliphatic hydroxyl groups is 1. The molecule has 0 bridgehead atoms. The van der Waals surface area contributed by atoms with Gasteiger partial charge in [-0.15, -0.1) is 0 Å². The Balaban J connectivity index is 2.13. The molecular weight excluding hydrogens is 194 g/mol. The summed E-state index contributed by atoms with van der Waals surface area (Å²) in [7, 11) is 0. The van der Waals surface area contributed by atoms with Crippen LogP contribution in [0, 0.1) is 5.92 Å². The van der Waals surface area contributed by atoms with Crippen LogP contribution in [-0.2, 0) is 0 Å². The number of nitrogens with one attached hydrogen (secondary N) is 1. The molecular formula is C11H17NO3. The lowest BCUT2D eigenvalue weighted by Gasteiger charge is -2.07. The first-order valence-corrected chi connectivity index (χ1v) is 5.15. The zero-order chi connectivity index (χ0) is 11.1. The standard InChI is InChI=1S/C11H17NO3/c1-9(7-13)3-2-5-12-11(14)10-4-6-15-8-10/h4,6,8-9,13H,2-3,5,7H2,1H3,(H,12,14). The predicted octanol–water partition coefficient (Wildman–Crippen LogP) is 1.42. The summed E-state index contributed by atoms with van der Waals surface area (Å²) in [5.74, 6) is 0.191. The molecule has 0 aromatic carbocycles. The van der Waals surface area contributed by atoms with E-state index in [1.807, 2.05) is 6.92 Å². The number of furan rings is 1. The number of carbonyl (C=O) groups is 1. The molecule has 4 heteroatoms. The number of rotatable bonds is 6. The topological polar surface area (TPSA) is 62.5 Å². The van der Waals surface area contributed by atoms with Crippen LogP contribution in [0.25, 0.3) is 0 Å². The van der Waals surface area contributed by atoms with Crippen LogP contribution in [0.1, 0.15) is 30.1 Å². The highest BCUT2D eigenvalue weighted by Crippen LogP contribution is 2.03. The van der Waals surface area contributed by atoms with Crippen LogP contribution in [0.15, 0.2) is 23.0 Å². The Hall–Kier alpha value is -1.29. The second-order valence-electron chi connectivity index (χ2n) is 3.70. The van der Waals surface area contributed by atoms with Crippen molar-refractivity contribution < 1.29 is 14.3 Å². The van der Waals surface area contributed by atoms with Crippen molar-refractivity contribution >= 4 is 5.91 Å². The molecule has 84 valence electrons. The van der Waals surface area contributed by atoms with Crippen molar-refractivity contribution in [3.05, 3.63) is 24.2 Å². The van der Waals surface area contributed by atoms with Crippen LogP contribution in [0.5, 0.6) is 0 Å². The largest absolute Gasteiger partial charge is 0.472 e. The minimum Gasteiger partial charge on any atom is -0.472 e. The van der Waals surface area contributed by atoms with Gasteiger partial charge < -0.3 is 14.8 Å². The van der Waals surface area contributed by atoms with E-state index in [0.29, 0.717) is 18.0 Å². The van der Waals surface area contributed by atoms with E-state index >= 15 is 0 Å². The Morgan fingerprint density at radius 1 is 1.67 bits per heavy atom. The first kappa shape index (κ1) is 11.8. The van der Waals surface area contributed by atoms with Crippen molar-refractivity contribution in [1.29, 1.82) is 0 Å². The summed E-state index contributed by atoms with van der Waals surface area (Å²) in [6.45, 7) is 2.82. The van der Waals surface area contributed by atoms with Crippen LogP contribution < -0.4 is 5.32 Å². The molecule has 1 aromatic heterocycles. The van der Waals surface area contributed by atoms with Crippen molar-refractivity contribution in [2.24, 2.45) is 5.92 Å². The Morgan fingerprint density at radius 3 is 3.07 bits per heavy atom. The highest BCUT2D eigenvalue weighted by atomic mass is 16.3. The third-order valence-corrected chi connectivity index (χ3v) is 2.25. The number of amides is 1. The SMILES string of the molecule is CC(CO)CCCNC(=O)c1ccoc1. The molecule has 0 radical (unpaired) electrons. The molecule has 2 N–H and O–H groups in total.